The van der Waals surface area contributed by atoms with Crippen molar-refractivity contribution in [3.63, 3.8) is 0 Å². The molecule has 0 aliphatic rings. The highest BCUT2D eigenvalue weighted by Gasteiger charge is 2.10. The van der Waals surface area contributed by atoms with Crippen LogP contribution >= 0.6 is 23.1 Å². The summed E-state index contributed by atoms with van der Waals surface area (Å²) in [5, 5.41) is 11.5. The monoisotopic (exact) mass is 327 g/mol. The lowest BCUT2D eigenvalue weighted by Gasteiger charge is -2.03. The Morgan fingerprint density at radius 2 is 2.14 bits per heavy atom. The minimum Gasteiger partial charge on any atom is -0.478 e. The van der Waals surface area contributed by atoms with E-state index in [0.29, 0.717) is 11.4 Å². The first kappa shape index (κ1) is 17.8. The Morgan fingerprint density at radius 3 is 2.81 bits per heavy atom. The molecule has 0 bridgehead atoms. The molecule has 1 rings (SSSR count). The van der Waals surface area contributed by atoms with E-state index in [1.54, 1.807) is 6.07 Å². The van der Waals surface area contributed by atoms with Gasteiger partial charge in [0.25, 0.3) is 5.91 Å². The third kappa shape index (κ3) is 6.82. The molecule has 0 aliphatic heterocycles. The zero-order valence-corrected chi connectivity index (χ0v) is 14.0. The number of carbonyl (C=O) groups excluding carboxylic acids is 1. The van der Waals surface area contributed by atoms with Crippen LogP contribution in [0.1, 0.15) is 39.4 Å². The molecule has 0 radical (unpaired) electrons. The van der Waals surface area contributed by atoms with Crippen molar-refractivity contribution in [1.82, 2.24) is 5.32 Å². The number of thiophene rings is 1. The standard InChI is InChI=1S/C15H21NO3S2/c1-11-10-13(21-12(11)6-7-14(17)18)15(19)16-8-4-3-5-9-20-2/h6-7,10H,3-5,8-9H2,1-2H3,(H,16,19)(H,17,18)/b7-6+. The summed E-state index contributed by atoms with van der Waals surface area (Å²) in [5.41, 5.74) is 0.919. The minimum absolute atomic E-state index is 0.0806. The fourth-order valence-corrected chi connectivity index (χ4v) is 3.24. The summed E-state index contributed by atoms with van der Waals surface area (Å²) >= 11 is 3.16. The molecule has 116 valence electrons. The molecule has 0 aromatic carbocycles. The molecule has 1 amide bonds. The van der Waals surface area contributed by atoms with Crippen molar-refractivity contribution in [2.24, 2.45) is 0 Å². The number of thioether (sulfide) groups is 1. The Hall–Kier alpha value is -1.27. The molecule has 2 N–H and O–H groups in total. The van der Waals surface area contributed by atoms with E-state index in [2.05, 4.69) is 11.6 Å². The SMILES string of the molecule is CSCCCCCNC(=O)c1cc(C)c(/C=C/C(=O)O)s1. The number of aliphatic carboxylic acids is 1. The van der Waals surface area contributed by atoms with Gasteiger partial charge in [-0.2, -0.15) is 11.8 Å². The normalized spacial score (nSPS) is 11.0. The number of nitrogens with one attached hydrogen (secondary N) is 1. The van der Waals surface area contributed by atoms with Gasteiger partial charge in [0.05, 0.1) is 4.88 Å². The summed E-state index contributed by atoms with van der Waals surface area (Å²) in [6.45, 7) is 2.56. The number of aryl methyl sites for hydroxylation is 1. The molecular weight excluding hydrogens is 306 g/mol. The van der Waals surface area contributed by atoms with Crippen LogP contribution in [0.4, 0.5) is 0 Å². The largest absolute Gasteiger partial charge is 0.478 e. The van der Waals surface area contributed by atoms with Gasteiger partial charge in [-0.25, -0.2) is 4.79 Å². The summed E-state index contributed by atoms with van der Waals surface area (Å²) in [6, 6.07) is 1.80. The smallest absolute Gasteiger partial charge is 0.328 e. The molecule has 4 nitrogen and oxygen atoms in total. The zero-order chi connectivity index (χ0) is 15.7. The van der Waals surface area contributed by atoms with Crippen LogP contribution in [0.25, 0.3) is 6.08 Å². The Morgan fingerprint density at radius 1 is 1.38 bits per heavy atom. The lowest BCUT2D eigenvalue weighted by molar-refractivity contribution is -0.131. The van der Waals surface area contributed by atoms with E-state index in [0.717, 1.165) is 35.1 Å². The van der Waals surface area contributed by atoms with E-state index < -0.39 is 5.97 Å². The number of carboxylic acid groups (broad SMARTS) is 1. The van der Waals surface area contributed by atoms with Crippen LogP contribution in [0.5, 0.6) is 0 Å². The predicted molar refractivity (Wildman–Crippen MR) is 90.3 cm³/mol. The van der Waals surface area contributed by atoms with E-state index in [1.807, 2.05) is 18.7 Å². The van der Waals surface area contributed by atoms with Crippen molar-refractivity contribution in [1.29, 1.82) is 0 Å². The molecule has 1 heterocycles. The molecular formula is C15H21NO3S2. The van der Waals surface area contributed by atoms with Gasteiger partial charge in [-0.05, 0) is 49.5 Å². The number of carbonyl (C=O) groups is 2. The van der Waals surface area contributed by atoms with E-state index in [-0.39, 0.29) is 5.91 Å². The maximum Gasteiger partial charge on any atom is 0.328 e. The average Bonchev–Trinajstić information content (AvgIpc) is 2.81. The van der Waals surface area contributed by atoms with Gasteiger partial charge in [0.2, 0.25) is 0 Å². The van der Waals surface area contributed by atoms with E-state index in [1.165, 1.54) is 23.8 Å². The minimum atomic E-state index is -0.987. The summed E-state index contributed by atoms with van der Waals surface area (Å²) in [4.78, 5) is 23.9. The van der Waals surface area contributed by atoms with Crippen LogP contribution in [0, 0.1) is 6.92 Å². The van der Waals surface area contributed by atoms with Crippen LogP contribution in [0.3, 0.4) is 0 Å². The van der Waals surface area contributed by atoms with Crippen molar-refractivity contribution >= 4 is 41.1 Å². The first-order valence-corrected chi connectivity index (χ1v) is 9.04. The molecule has 0 saturated heterocycles. The van der Waals surface area contributed by atoms with Gasteiger partial charge in [0, 0.05) is 17.5 Å². The lowest BCUT2D eigenvalue weighted by Crippen LogP contribution is -2.23. The van der Waals surface area contributed by atoms with Gasteiger partial charge in [-0.1, -0.05) is 6.42 Å². The highest BCUT2D eigenvalue weighted by Crippen LogP contribution is 2.23. The van der Waals surface area contributed by atoms with Crippen LogP contribution in [0.2, 0.25) is 0 Å². The molecule has 0 fully saturated rings. The number of amides is 1. The highest BCUT2D eigenvalue weighted by atomic mass is 32.2. The lowest BCUT2D eigenvalue weighted by atomic mass is 10.2. The predicted octanol–water partition coefficient (Wildman–Crippen LogP) is 3.42. The van der Waals surface area contributed by atoms with Crippen LogP contribution in [0.15, 0.2) is 12.1 Å². The molecule has 0 unspecified atom stereocenters. The van der Waals surface area contributed by atoms with Crippen molar-refractivity contribution in [2.45, 2.75) is 26.2 Å². The first-order chi connectivity index (χ1) is 10.0. The van der Waals surface area contributed by atoms with Gasteiger partial charge < -0.3 is 10.4 Å². The number of unbranched alkanes of at least 4 members (excludes halogenated alkanes) is 2. The van der Waals surface area contributed by atoms with Gasteiger partial charge >= 0.3 is 5.97 Å². The Labute approximate surface area is 133 Å². The number of rotatable bonds is 9. The summed E-state index contributed by atoms with van der Waals surface area (Å²) < 4.78 is 0. The third-order valence-corrected chi connectivity index (χ3v) is 4.77. The summed E-state index contributed by atoms with van der Waals surface area (Å²) in [7, 11) is 0. The van der Waals surface area contributed by atoms with Crippen molar-refractivity contribution in [3.05, 3.63) is 27.5 Å². The Bertz CT molecular complexity index is 509. The second kappa shape index (κ2) is 9.63. The summed E-state index contributed by atoms with van der Waals surface area (Å²) in [5.74, 6) is 0.0964. The Balaban J connectivity index is 2.44. The number of hydrogen-bond donors (Lipinski definition) is 2. The maximum absolute atomic E-state index is 12.0. The van der Waals surface area contributed by atoms with Crippen LogP contribution in [-0.4, -0.2) is 35.5 Å². The van der Waals surface area contributed by atoms with Gasteiger partial charge in [0.15, 0.2) is 0 Å². The highest BCUT2D eigenvalue weighted by molar-refractivity contribution is 7.98. The molecule has 0 saturated carbocycles. The fraction of sp³-hybridized carbons (Fsp3) is 0.467. The molecule has 0 atom stereocenters. The molecule has 21 heavy (non-hydrogen) atoms. The van der Waals surface area contributed by atoms with E-state index in [4.69, 9.17) is 5.11 Å². The van der Waals surface area contributed by atoms with Crippen LogP contribution in [-0.2, 0) is 4.79 Å². The van der Waals surface area contributed by atoms with Gasteiger partial charge in [0.1, 0.15) is 0 Å². The second-order valence-electron chi connectivity index (χ2n) is 4.64. The number of carboxylic acids is 1. The zero-order valence-electron chi connectivity index (χ0n) is 12.3. The first-order valence-electron chi connectivity index (χ1n) is 6.83. The maximum atomic E-state index is 12.0. The average molecular weight is 327 g/mol. The van der Waals surface area contributed by atoms with E-state index >= 15 is 0 Å². The van der Waals surface area contributed by atoms with Gasteiger partial charge in [-0.15, -0.1) is 11.3 Å². The van der Waals surface area contributed by atoms with Crippen molar-refractivity contribution < 1.29 is 14.7 Å². The number of hydrogen-bond acceptors (Lipinski definition) is 4. The Kier molecular flexibility index (Phi) is 8.15. The second-order valence-corrected chi connectivity index (χ2v) is 6.71. The topological polar surface area (TPSA) is 66.4 Å². The van der Waals surface area contributed by atoms with Crippen LogP contribution < -0.4 is 5.32 Å². The molecule has 1 aromatic rings. The van der Waals surface area contributed by atoms with Crippen molar-refractivity contribution in [2.75, 3.05) is 18.6 Å². The molecule has 0 aliphatic carbocycles. The van der Waals surface area contributed by atoms with Gasteiger partial charge in [-0.3, -0.25) is 4.79 Å². The van der Waals surface area contributed by atoms with E-state index in [9.17, 15) is 9.59 Å². The quantitative estimate of drug-likeness (QED) is 0.539. The molecule has 0 spiro atoms. The molecule has 1 aromatic heterocycles. The third-order valence-electron chi connectivity index (χ3n) is 2.87. The van der Waals surface area contributed by atoms with Crippen molar-refractivity contribution in [3.8, 4) is 0 Å². The fourth-order valence-electron chi connectivity index (χ4n) is 1.76. The summed E-state index contributed by atoms with van der Waals surface area (Å²) in [6.07, 6.45) is 8.00. The molecule has 6 heteroatoms.